The van der Waals surface area contributed by atoms with E-state index in [1.165, 1.54) is 5.01 Å². The maximum atomic E-state index is 4.41. The minimum Gasteiger partial charge on any atom is -0.308 e. The van der Waals surface area contributed by atoms with Crippen LogP contribution in [-0.4, -0.2) is 12.0 Å². The quantitative estimate of drug-likeness (QED) is 0.804. The molecule has 1 unspecified atom stereocenters. The standard InChI is InChI=1S/C10H18N2S/c1-5-10(11-4,8(2)3)9-12-6-7-13-9/h6-8,11H,5H2,1-4H3. The number of rotatable bonds is 4. The van der Waals surface area contributed by atoms with E-state index in [-0.39, 0.29) is 5.54 Å². The van der Waals surface area contributed by atoms with E-state index in [9.17, 15) is 0 Å². The van der Waals surface area contributed by atoms with Crippen molar-refractivity contribution in [2.75, 3.05) is 7.05 Å². The average Bonchev–Trinajstić information content (AvgIpc) is 2.60. The Labute approximate surface area is 84.4 Å². The predicted molar refractivity (Wildman–Crippen MR) is 58.0 cm³/mol. The summed E-state index contributed by atoms with van der Waals surface area (Å²) in [6, 6.07) is 0. The Morgan fingerprint density at radius 2 is 2.31 bits per heavy atom. The Kier molecular flexibility index (Phi) is 3.45. The number of aromatic nitrogens is 1. The fourth-order valence-electron chi connectivity index (χ4n) is 1.82. The van der Waals surface area contributed by atoms with Gasteiger partial charge in [-0.25, -0.2) is 4.98 Å². The number of hydrogen-bond acceptors (Lipinski definition) is 3. The maximum absolute atomic E-state index is 4.41. The molecular formula is C10H18N2S. The molecule has 74 valence electrons. The Hall–Kier alpha value is -0.410. The largest absolute Gasteiger partial charge is 0.308 e. The van der Waals surface area contributed by atoms with E-state index in [0.29, 0.717) is 5.92 Å². The van der Waals surface area contributed by atoms with Crippen molar-refractivity contribution in [2.45, 2.75) is 32.7 Å². The van der Waals surface area contributed by atoms with Crippen LogP contribution in [0, 0.1) is 5.92 Å². The van der Waals surface area contributed by atoms with Crippen LogP contribution in [0.4, 0.5) is 0 Å². The van der Waals surface area contributed by atoms with E-state index < -0.39 is 0 Å². The second kappa shape index (κ2) is 4.20. The fraction of sp³-hybridized carbons (Fsp3) is 0.700. The first kappa shape index (κ1) is 10.7. The summed E-state index contributed by atoms with van der Waals surface area (Å²) in [7, 11) is 2.02. The normalized spacial score (nSPS) is 16.1. The van der Waals surface area contributed by atoms with Crippen LogP contribution in [-0.2, 0) is 5.54 Å². The van der Waals surface area contributed by atoms with Gasteiger partial charge in [-0.3, -0.25) is 0 Å². The third-order valence-corrected chi connectivity index (χ3v) is 3.75. The van der Waals surface area contributed by atoms with Crippen LogP contribution in [0.1, 0.15) is 32.2 Å². The molecule has 1 heterocycles. The number of hydrogen-bond donors (Lipinski definition) is 1. The molecule has 0 spiro atoms. The third-order valence-electron chi connectivity index (χ3n) is 2.80. The zero-order chi connectivity index (χ0) is 9.90. The summed E-state index contributed by atoms with van der Waals surface area (Å²) < 4.78 is 0. The lowest BCUT2D eigenvalue weighted by molar-refractivity contribution is 0.246. The third kappa shape index (κ3) is 1.76. The van der Waals surface area contributed by atoms with E-state index >= 15 is 0 Å². The summed E-state index contributed by atoms with van der Waals surface area (Å²) in [5.74, 6) is 0.564. The lowest BCUT2D eigenvalue weighted by Crippen LogP contribution is -2.44. The van der Waals surface area contributed by atoms with Crippen molar-refractivity contribution < 1.29 is 0 Å². The second-order valence-electron chi connectivity index (χ2n) is 3.57. The van der Waals surface area contributed by atoms with E-state index in [2.05, 4.69) is 31.1 Å². The minimum atomic E-state index is 0.0637. The van der Waals surface area contributed by atoms with Gasteiger partial charge in [-0.2, -0.15) is 0 Å². The van der Waals surface area contributed by atoms with Crippen molar-refractivity contribution in [3.05, 3.63) is 16.6 Å². The van der Waals surface area contributed by atoms with Gasteiger partial charge in [-0.05, 0) is 19.4 Å². The van der Waals surface area contributed by atoms with Crippen LogP contribution in [0.5, 0.6) is 0 Å². The van der Waals surface area contributed by atoms with Crippen molar-refractivity contribution in [2.24, 2.45) is 5.92 Å². The van der Waals surface area contributed by atoms with Crippen molar-refractivity contribution in [1.82, 2.24) is 10.3 Å². The zero-order valence-electron chi connectivity index (χ0n) is 8.79. The Morgan fingerprint density at radius 1 is 1.62 bits per heavy atom. The molecule has 3 heteroatoms. The first-order chi connectivity index (χ1) is 6.17. The summed E-state index contributed by atoms with van der Waals surface area (Å²) in [6.07, 6.45) is 2.96. The second-order valence-corrected chi connectivity index (χ2v) is 4.46. The van der Waals surface area contributed by atoms with E-state index in [4.69, 9.17) is 0 Å². The molecule has 0 bridgehead atoms. The van der Waals surface area contributed by atoms with Gasteiger partial charge >= 0.3 is 0 Å². The van der Waals surface area contributed by atoms with Gasteiger partial charge in [0, 0.05) is 11.6 Å². The highest BCUT2D eigenvalue weighted by molar-refractivity contribution is 7.09. The number of thiazole rings is 1. The van der Waals surface area contributed by atoms with E-state index in [1.54, 1.807) is 11.3 Å². The minimum absolute atomic E-state index is 0.0637. The molecule has 0 aliphatic carbocycles. The molecule has 13 heavy (non-hydrogen) atoms. The summed E-state index contributed by atoms with van der Waals surface area (Å²) in [5, 5.41) is 6.66. The zero-order valence-corrected chi connectivity index (χ0v) is 9.61. The summed E-state index contributed by atoms with van der Waals surface area (Å²) in [4.78, 5) is 4.41. The summed E-state index contributed by atoms with van der Waals surface area (Å²) in [5.41, 5.74) is 0.0637. The number of nitrogens with zero attached hydrogens (tertiary/aromatic N) is 1. The highest BCUT2D eigenvalue weighted by Gasteiger charge is 2.34. The lowest BCUT2D eigenvalue weighted by atomic mass is 9.84. The molecule has 0 saturated heterocycles. The molecule has 1 N–H and O–H groups in total. The Bertz CT molecular complexity index is 237. The topological polar surface area (TPSA) is 24.9 Å². The monoisotopic (exact) mass is 198 g/mol. The molecule has 0 saturated carbocycles. The molecule has 0 aromatic carbocycles. The molecular weight excluding hydrogens is 180 g/mol. The molecule has 0 radical (unpaired) electrons. The van der Waals surface area contributed by atoms with Crippen LogP contribution in [0.25, 0.3) is 0 Å². The van der Waals surface area contributed by atoms with Crippen LogP contribution < -0.4 is 5.32 Å². The molecule has 2 nitrogen and oxygen atoms in total. The maximum Gasteiger partial charge on any atom is 0.113 e. The van der Waals surface area contributed by atoms with Gasteiger partial charge in [0.05, 0.1) is 5.54 Å². The smallest absolute Gasteiger partial charge is 0.113 e. The predicted octanol–water partition coefficient (Wildman–Crippen LogP) is 2.62. The molecule has 0 amide bonds. The van der Waals surface area contributed by atoms with Gasteiger partial charge < -0.3 is 5.32 Å². The van der Waals surface area contributed by atoms with E-state index in [1.807, 2.05) is 18.6 Å². The SMILES string of the molecule is CCC(NC)(c1nccs1)C(C)C. The fourth-order valence-corrected chi connectivity index (χ4v) is 2.89. The molecule has 0 aliphatic heterocycles. The van der Waals surface area contributed by atoms with Crippen LogP contribution in [0.3, 0.4) is 0 Å². The van der Waals surface area contributed by atoms with Gasteiger partial charge in [-0.1, -0.05) is 20.8 Å². The highest BCUT2D eigenvalue weighted by Crippen LogP contribution is 2.33. The number of nitrogens with one attached hydrogen (secondary N) is 1. The van der Waals surface area contributed by atoms with Gasteiger partial charge in [0.25, 0.3) is 0 Å². The summed E-state index contributed by atoms with van der Waals surface area (Å²) >= 11 is 1.73. The van der Waals surface area contributed by atoms with Gasteiger partial charge in [-0.15, -0.1) is 11.3 Å². The first-order valence-corrected chi connectivity index (χ1v) is 5.64. The molecule has 1 aromatic rings. The van der Waals surface area contributed by atoms with Crippen LogP contribution >= 0.6 is 11.3 Å². The summed E-state index contributed by atoms with van der Waals surface area (Å²) in [6.45, 7) is 6.68. The molecule has 1 atom stereocenters. The van der Waals surface area contributed by atoms with Crippen LogP contribution in [0.2, 0.25) is 0 Å². The molecule has 1 rings (SSSR count). The molecule has 0 fully saturated rings. The van der Waals surface area contributed by atoms with E-state index in [0.717, 1.165) is 6.42 Å². The van der Waals surface area contributed by atoms with Crippen molar-refractivity contribution in [1.29, 1.82) is 0 Å². The highest BCUT2D eigenvalue weighted by atomic mass is 32.1. The first-order valence-electron chi connectivity index (χ1n) is 4.76. The Balaban J connectivity index is 3.03. The molecule has 1 aromatic heterocycles. The van der Waals surface area contributed by atoms with Crippen molar-refractivity contribution in [3.63, 3.8) is 0 Å². The van der Waals surface area contributed by atoms with Crippen molar-refractivity contribution >= 4 is 11.3 Å². The average molecular weight is 198 g/mol. The van der Waals surface area contributed by atoms with Crippen molar-refractivity contribution in [3.8, 4) is 0 Å². The van der Waals surface area contributed by atoms with Crippen LogP contribution in [0.15, 0.2) is 11.6 Å². The Morgan fingerprint density at radius 3 is 2.62 bits per heavy atom. The lowest BCUT2D eigenvalue weighted by Gasteiger charge is -2.34. The van der Waals surface area contributed by atoms with Gasteiger partial charge in [0.15, 0.2) is 0 Å². The van der Waals surface area contributed by atoms with Gasteiger partial charge in [0.2, 0.25) is 0 Å². The molecule has 0 aliphatic rings. The van der Waals surface area contributed by atoms with Gasteiger partial charge in [0.1, 0.15) is 5.01 Å².